The number of nitrogens with two attached hydrogens (primary N) is 1. The highest BCUT2D eigenvalue weighted by Crippen LogP contribution is 2.56. The van der Waals surface area contributed by atoms with Gasteiger partial charge in [-0.3, -0.25) is 24.2 Å². The normalized spacial score (nSPS) is 29.6. The number of Topliss-reactive ketones (excluding diaryl/α,β-unsaturated/α-hetero) is 2. The van der Waals surface area contributed by atoms with E-state index in [9.17, 15) is 39.9 Å². The first-order valence-corrected chi connectivity index (χ1v) is 15.3. The molecule has 0 radical (unpaired) electrons. The summed E-state index contributed by atoms with van der Waals surface area (Å²) in [6, 6.07) is 7.69. The molecule has 46 heavy (non-hydrogen) atoms. The molecule has 4 aliphatic rings. The van der Waals surface area contributed by atoms with Gasteiger partial charge in [0, 0.05) is 29.2 Å². The Labute approximate surface area is 266 Å². The van der Waals surface area contributed by atoms with Crippen LogP contribution < -0.4 is 10.5 Å². The van der Waals surface area contributed by atoms with Crippen LogP contribution in [0.2, 0.25) is 0 Å². The molecule has 0 aromatic heterocycles. The highest BCUT2D eigenvalue weighted by molar-refractivity contribution is 6.25. The molecule has 1 saturated heterocycles. The van der Waals surface area contributed by atoms with Gasteiger partial charge in [0.25, 0.3) is 5.91 Å². The van der Waals surface area contributed by atoms with E-state index in [1.54, 1.807) is 25.1 Å². The maximum absolute atomic E-state index is 14.3. The third-order valence-electron chi connectivity index (χ3n) is 10.3. The highest BCUT2D eigenvalue weighted by Gasteiger charge is 2.67. The summed E-state index contributed by atoms with van der Waals surface area (Å²) in [6.45, 7) is 4.39. The van der Waals surface area contributed by atoms with Crippen molar-refractivity contribution in [2.45, 2.75) is 50.0 Å². The van der Waals surface area contributed by atoms with Crippen LogP contribution in [0.3, 0.4) is 0 Å². The van der Waals surface area contributed by atoms with Gasteiger partial charge in [-0.1, -0.05) is 25.1 Å². The van der Waals surface area contributed by atoms with Crippen molar-refractivity contribution in [3.8, 4) is 22.6 Å². The molecule has 12 heteroatoms. The number of hydrogen-bond acceptors (Lipinski definition) is 11. The number of ketones is 2. The minimum atomic E-state index is -2.97. The predicted molar refractivity (Wildman–Crippen MR) is 166 cm³/mol. The van der Waals surface area contributed by atoms with E-state index in [0.29, 0.717) is 29.0 Å². The van der Waals surface area contributed by atoms with Crippen molar-refractivity contribution in [2.75, 3.05) is 34.3 Å². The lowest BCUT2D eigenvalue weighted by Crippen LogP contribution is -2.68. The third-order valence-corrected chi connectivity index (χ3v) is 10.3. The topological polar surface area (TPSA) is 194 Å². The first kappa shape index (κ1) is 31.7. The van der Waals surface area contributed by atoms with Gasteiger partial charge in [-0.15, -0.1) is 0 Å². The standard InChI is InChI=1S/C34H39N3O9/c1-15-17-8-9-18(19-13-16(7-10-20(19)46-4)14-37-11-5-6-12-37)27(38)22(17)28(39)23-21(15)29(40)25-26(36(2)3)30(41)24(33(35)44)32(43)34(25,45)31(23)42/h7-10,13,15,21,25-26,29,38,40-42,45H,5-6,11-12,14H2,1-4H3,(H2,35,44)/t15-,21+,25+,26-,29-,34-/m1/s1. The number of phenols is 1. The summed E-state index contributed by atoms with van der Waals surface area (Å²) in [5.74, 6) is -8.76. The van der Waals surface area contributed by atoms with Crippen molar-refractivity contribution in [2.24, 2.45) is 17.6 Å². The molecule has 6 atom stereocenters. The molecule has 1 heterocycles. The molecule has 12 nitrogen and oxygen atoms in total. The summed E-state index contributed by atoms with van der Waals surface area (Å²) >= 11 is 0. The lowest BCUT2D eigenvalue weighted by molar-refractivity contribution is -0.162. The molecule has 6 rings (SSSR count). The molecule has 3 aliphatic carbocycles. The Balaban J connectivity index is 1.52. The van der Waals surface area contributed by atoms with Gasteiger partial charge in [0.15, 0.2) is 11.4 Å². The second-order valence-corrected chi connectivity index (χ2v) is 13.0. The first-order chi connectivity index (χ1) is 21.7. The smallest absolute Gasteiger partial charge is 0.255 e. The van der Waals surface area contributed by atoms with Crippen LogP contribution in [-0.4, -0.2) is 105 Å². The summed E-state index contributed by atoms with van der Waals surface area (Å²) in [5.41, 5.74) is 3.14. The van der Waals surface area contributed by atoms with E-state index in [1.165, 1.54) is 26.1 Å². The lowest BCUT2D eigenvalue weighted by Gasteiger charge is -2.53. The van der Waals surface area contributed by atoms with Crippen LogP contribution in [0.15, 0.2) is 53.0 Å². The van der Waals surface area contributed by atoms with E-state index >= 15 is 0 Å². The van der Waals surface area contributed by atoms with E-state index in [-0.39, 0.29) is 11.3 Å². The zero-order valence-corrected chi connectivity index (χ0v) is 26.1. The second kappa shape index (κ2) is 11.2. The van der Waals surface area contributed by atoms with Gasteiger partial charge < -0.3 is 36.0 Å². The molecule has 244 valence electrons. The molecule has 0 bridgehead atoms. The highest BCUT2D eigenvalue weighted by atomic mass is 16.5. The number of likely N-dealkylation sites (N-methyl/N-ethyl adjacent to an activating group) is 1. The summed E-state index contributed by atoms with van der Waals surface area (Å²) in [4.78, 5) is 43.9. The SMILES string of the molecule is COc1ccc(CN2CCCC2)cc1-c1ccc2c(c1O)C(=O)C1=C(O)[C@@]3(O)C(=O)C(C(N)=O)=C(O)[C@H](N(C)C)[C@H]3[C@H](O)[C@H]1[C@@H]2C. The first-order valence-electron chi connectivity index (χ1n) is 15.3. The van der Waals surface area contributed by atoms with Gasteiger partial charge in [0.05, 0.1) is 30.7 Å². The van der Waals surface area contributed by atoms with E-state index in [1.807, 2.05) is 12.1 Å². The monoisotopic (exact) mass is 633 g/mol. The van der Waals surface area contributed by atoms with E-state index in [2.05, 4.69) is 4.90 Å². The molecule has 0 spiro atoms. The Kier molecular flexibility index (Phi) is 7.75. The van der Waals surface area contributed by atoms with Crippen molar-refractivity contribution in [1.82, 2.24) is 9.80 Å². The Hall–Kier alpha value is -4.23. The molecule has 0 saturated carbocycles. The molecule has 7 N–H and O–H groups in total. The lowest BCUT2D eigenvalue weighted by atomic mass is 9.55. The van der Waals surface area contributed by atoms with Crippen molar-refractivity contribution < 1.29 is 44.7 Å². The molecular weight excluding hydrogens is 594 g/mol. The maximum atomic E-state index is 14.3. The fourth-order valence-corrected chi connectivity index (χ4v) is 8.10. The molecule has 1 amide bonds. The van der Waals surface area contributed by atoms with Crippen LogP contribution in [0.4, 0.5) is 0 Å². The number of phenolic OH excluding ortho intramolecular Hbond substituents is 1. The van der Waals surface area contributed by atoms with E-state index < -0.39 is 75.6 Å². The quantitative estimate of drug-likeness (QED) is 0.255. The van der Waals surface area contributed by atoms with Gasteiger partial charge in [-0.25, -0.2) is 0 Å². The average molecular weight is 634 g/mol. The van der Waals surface area contributed by atoms with Crippen LogP contribution in [0.1, 0.15) is 47.2 Å². The summed E-state index contributed by atoms with van der Waals surface area (Å²) in [7, 11) is 4.50. The summed E-state index contributed by atoms with van der Waals surface area (Å²) in [6.07, 6.45) is 0.609. The number of methoxy groups -OCH3 is 1. The number of aromatic hydroxyl groups is 1. The molecular formula is C34H39N3O9. The fraction of sp³-hybridized carbons (Fsp3) is 0.441. The Morgan fingerprint density at radius 1 is 1.09 bits per heavy atom. The minimum Gasteiger partial charge on any atom is -0.510 e. The Bertz CT molecular complexity index is 1720. The van der Waals surface area contributed by atoms with E-state index in [4.69, 9.17) is 10.5 Å². The maximum Gasteiger partial charge on any atom is 0.255 e. The number of amides is 1. The van der Waals surface area contributed by atoms with Crippen LogP contribution in [0.5, 0.6) is 11.5 Å². The number of benzene rings is 2. The number of carbonyl (C=O) groups is 3. The number of fused-ring (bicyclic) bond motifs is 3. The van der Waals surface area contributed by atoms with Crippen LogP contribution in [-0.2, 0) is 16.1 Å². The number of aliphatic hydroxyl groups excluding tert-OH is 3. The molecule has 1 aliphatic heterocycles. The molecule has 2 aromatic rings. The van der Waals surface area contributed by atoms with Crippen molar-refractivity contribution in [3.05, 3.63) is 69.7 Å². The van der Waals surface area contributed by atoms with Crippen molar-refractivity contribution in [3.63, 3.8) is 0 Å². The van der Waals surface area contributed by atoms with Gasteiger partial charge in [-0.05, 0) is 69.2 Å². The zero-order chi connectivity index (χ0) is 33.4. The summed E-state index contributed by atoms with van der Waals surface area (Å²) in [5, 5.41) is 58.1. The van der Waals surface area contributed by atoms with Gasteiger partial charge in [0.1, 0.15) is 28.6 Å². The number of ether oxygens (including phenoxy) is 1. The predicted octanol–water partition coefficient (Wildman–Crippen LogP) is 1.92. The average Bonchev–Trinajstić information content (AvgIpc) is 3.51. The summed E-state index contributed by atoms with van der Waals surface area (Å²) < 4.78 is 5.61. The van der Waals surface area contributed by atoms with Crippen LogP contribution in [0.25, 0.3) is 11.1 Å². The van der Waals surface area contributed by atoms with E-state index in [0.717, 1.165) is 31.5 Å². The van der Waals surface area contributed by atoms with Gasteiger partial charge >= 0.3 is 0 Å². The number of rotatable bonds is 6. The number of hydrogen-bond donors (Lipinski definition) is 6. The second-order valence-electron chi connectivity index (χ2n) is 13.0. The van der Waals surface area contributed by atoms with Crippen LogP contribution in [0, 0.1) is 11.8 Å². The van der Waals surface area contributed by atoms with Crippen molar-refractivity contribution >= 4 is 17.5 Å². The zero-order valence-electron chi connectivity index (χ0n) is 26.1. The Morgan fingerprint density at radius 2 is 1.76 bits per heavy atom. The Morgan fingerprint density at radius 3 is 2.37 bits per heavy atom. The van der Waals surface area contributed by atoms with Crippen molar-refractivity contribution in [1.29, 1.82) is 0 Å². The van der Waals surface area contributed by atoms with Crippen LogP contribution >= 0.6 is 0 Å². The number of likely N-dealkylation sites (tertiary alicyclic amines) is 1. The third kappa shape index (κ3) is 4.38. The molecule has 2 aromatic carbocycles. The number of carbonyl (C=O) groups excluding carboxylic acids is 3. The van der Waals surface area contributed by atoms with Gasteiger partial charge in [-0.2, -0.15) is 0 Å². The number of primary amides is 1. The van der Waals surface area contributed by atoms with Gasteiger partial charge in [0.2, 0.25) is 5.78 Å². The molecule has 0 unspecified atom stereocenters. The molecule has 1 fully saturated rings. The number of aliphatic hydroxyl groups is 4. The number of nitrogens with zero attached hydrogens (tertiary/aromatic N) is 2. The largest absolute Gasteiger partial charge is 0.510 e. The minimum absolute atomic E-state index is 0.148. The fourth-order valence-electron chi connectivity index (χ4n) is 8.10.